The molecule has 0 aliphatic heterocycles. The maximum Gasteiger partial charge on any atom is 0.398 e. The number of alkyl halides is 4. The first-order valence-electron chi connectivity index (χ1n) is 7.86. The van der Waals surface area contributed by atoms with Crippen LogP contribution in [-0.2, 0) is 10.2 Å². The van der Waals surface area contributed by atoms with Crippen molar-refractivity contribution in [3.63, 3.8) is 0 Å². The summed E-state index contributed by atoms with van der Waals surface area (Å²) in [4.78, 5) is 12.1. The first kappa shape index (κ1) is 16.6. The second-order valence-corrected chi connectivity index (χ2v) is 6.96. The maximum atomic E-state index is 13.1. The lowest BCUT2D eigenvalue weighted by Crippen LogP contribution is -2.31. The molecule has 0 N–H and O–H groups in total. The summed E-state index contributed by atoms with van der Waals surface area (Å²) in [5, 5.41) is -0.188. The lowest BCUT2D eigenvalue weighted by atomic mass is 9.94. The Kier molecular flexibility index (Phi) is 4.34. The van der Waals surface area contributed by atoms with Crippen LogP contribution in [-0.4, -0.2) is 23.6 Å². The highest BCUT2D eigenvalue weighted by molar-refractivity contribution is 6.21. The average Bonchev–Trinajstić information content (AvgIpc) is 3.31. The van der Waals surface area contributed by atoms with Crippen LogP contribution in [0.5, 0.6) is 0 Å². The van der Waals surface area contributed by atoms with Crippen molar-refractivity contribution >= 4 is 17.6 Å². The van der Waals surface area contributed by atoms with Gasteiger partial charge < -0.3 is 4.74 Å². The number of benzene rings is 1. The zero-order valence-electron chi connectivity index (χ0n) is 12.5. The van der Waals surface area contributed by atoms with Crippen molar-refractivity contribution in [3.8, 4) is 0 Å². The fourth-order valence-electron chi connectivity index (χ4n) is 3.18. The summed E-state index contributed by atoms with van der Waals surface area (Å²) in [5.41, 5.74) is -1.24. The van der Waals surface area contributed by atoms with Gasteiger partial charge in [0.15, 0.2) is 0 Å². The molecule has 0 radical (unpaired) electrons. The van der Waals surface area contributed by atoms with Crippen molar-refractivity contribution in [3.05, 3.63) is 35.4 Å². The SMILES string of the molecule is O=C(O[C@@H]1CCCC[C@H]1Cl)c1ccc(C2(C(F)(F)F)CC2)cc1. The molecule has 2 fully saturated rings. The fourth-order valence-corrected chi connectivity index (χ4v) is 3.51. The third-order valence-electron chi connectivity index (χ3n) is 4.85. The van der Waals surface area contributed by atoms with E-state index < -0.39 is 17.6 Å². The summed E-state index contributed by atoms with van der Waals surface area (Å²) in [7, 11) is 0. The number of ether oxygens (including phenoxy) is 1. The number of halogens is 4. The van der Waals surface area contributed by atoms with Gasteiger partial charge in [-0.15, -0.1) is 11.6 Å². The molecule has 23 heavy (non-hydrogen) atoms. The summed E-state index contributed by atoms with van der Waals surface area (Å²) < 4.78 is 44.7. The molecule has 0 amide bonds. The van der Waals surface area contributed by atoms with Crippen molar-refractivity contribution in [2.45, 2.75) is 61.6 Å². The van der Waals surface area contributed by atoms with Crippen molar-refractivity contribution in [2.75, 3.05) is 0 Å². The van der Waals surface area contributed by atoms with Crippen LogP contribution in [0.3, 0.4) is 0 Å². The van der Waals surface area contributed by atoms with Crippen LogP contribution in [0.25, 0.3) is 0 Å². The Morgan fingerprint density at radius 3 is 2.26 bits per heavy atom. The molecule has 0 spiro atoms. The van der Waals surface area contributed by atoms with Gasteiger partial charge in [-0.3, -0.25) is 0 Å². The van der Waals surface area contributed by atoms with Crippen molar-refractivity contribution in [1.82, 2.24) is 0 Å². The van der Waals surface area contributed by atoms with E-state index in [9.17, 15) is 18.0 Å². The van der Waals surface area contributed by atoms with E-state index in [1.165, 1.54) is 24.3 Å². The summed E-state index contributed by atoms with van der Waals surface area (Å²) in [6.07, 6.45) is -0.815. The van der Waals surface area contributed by atoms with Gasteiger partial charge in [-0.2, -0.15) is 13.2 Å². The second-order valence-electron chi connectivity index (χ2n) is 6.40. The molecular formula is C17H18ClF3O2. The van der Waals surface area contributed by atoms with Gasteiger partial charge in [0, 0.05) is 0 Å². The van der Waals surface area contributed by atoms with E-state index in [-0.39, 0.29) is 35.4 Å². The molecule has 1 aromatic carbocycles. The van der Waals surface area contributed by atoms with Crippen LogP contribution in [0.4, 0.5) is 13.2 Å². The van der Waals surface area contributed by atoms with Crippen LogP contribution in [0.15, 0.2) is 24.3 Å². The molecule has 0 unspecified atom stereocenters. The number of esters is 1. The molecule has 2 nitrogen and oxygen atoms in total. The molecule has 3 rings (SSSR count). The van der Waals surface area contributed by atoms with Gasteiger partial charge in [-0.05, 0) is 49.8 Å². The van der Waals surface area contributed by atoms with Gasteiger partial charge in [-0.25, -0.2) is 4.79 Å². The number of carbonyl (C=O) groups is 1. The van der Waals surface area contributed by atoms with E-state index in [0.717, 1.165) is 25.7 Å². The molecule has 0 saturated heterocycles. The zero-order chi connectivity index (χ0) is 16.7. The smallest absolute Gasteiger partial charge is 0.398 e. The normalized spacial score (nSPS) is 26.6. The minimum atomic E-state index is -4.25. The van der Waals surface area contributed by atoms with Gasteiger partial charge >= 0.3 is 12.1 Å². The van der Waals surface area contributed by atoms with E-state index in [4.69, 9.17) is 16.3 Å². The summed E-state index contributed by atoms with van der Waals surface area (Å²) in [6.45, 7) is 0. The Bertz CT molecular complexity index is 578. The molecule has 2 atom stereocenters. The third kappa shape index (κ3) is 3.21. The molecule has 0 aromatic heterocycles. The Balaban J connectivity index is 1.69. The Morgan fingerprint density at radius 1 is 1.13 bits per heavy atom. The maximum absolute atomic E-state index is 13.1. The Morgan fingerprint density at radius 2 is 1.74 bits per heavy atom. The van der Waals surface area contributed by atoms with Crippen LogP contribution >= 0.6 is 11.6 Å². The van der Waals surface area contributed by atoms with E-state index in [0.29, 0.717) is 0 Å². The zero-order valence-corrected chi connectivity index (χ0v) is 13.3. The molecule has 0 bridgehead atoms. The molecule has 2 aliphatic rings. The lowest BCUT2D eigenvalue weighted by molar-refractivity contribution is -0.160. The first-order valence-corrected chi connectivity index (χ1v) is 8.29. The number of rotatable bonds is 3. The largest absolute Gasteiger partial charge is 0.457 e. The fraction of sp³-hybridized carbons (Fsp3) is 0.588. The van der Waals surface area contributed by atoms with Crippen LogP contribution in [0.2, 0.25) is 0 Å². The van der Waals surface area contributed by atoms with E-state index in [1.54, 1.807) is 0 Å². The highest BCUT2D eigenvalue weighted by Crippen LogP contribution is 2.58. The summed E-state index contributed by atoms with van der Waals surface area (Å²) >= 11 is 6.16. The Labute approximate surface area is 138 Å². The summed E-state index contributed by atoms with van der Waals surface area (Å²) in [6, 6.07) is 5.59. The van der Waals surface area contributed by atoms with Crippen LogP contribution in [0, 0.1) is 0 Å². The first-order chi connectivity index (χ1) is 10.8. The van der Waals surface area contributed by atoms with Gasteiger partial charge in [0.05, 0.1) is 16.4 Å². The predicted octanol–water partition coefficient (Wildman–Crippen LogP) is 4.99. The average molecular weight is 347 g/mol. The molecule has 2 saturated carbocycles. The third-order valence-corrected chi connectivity index (χ3v) is 5.35. The lowest BCUT2D eigenvalue weighted by Gasteiger charge is -2.26. The molecule has 1 aromatic rings. The standard InChI is InChI=1S/C17H18ClF3O2/c18-13-3-1-2-4-14(13)23-15(22)11-5-7-12(8-6-11)16(9-10-16)17(19,20)21/h5-8,13-14H,1-4,9-10H2/t13-,14-/m1/s1. The van der Waals surface area contributed by atoms with Crippen LogP contribution in [0.1, 0.15) is 54.4 Å². The number of carbonyl (C=O) groups excluding carboxylic acids is 1. The van der Waals surface area contributed by atoms with Crippen molar-refractivity contribution in [1.29, 1.82) is 0 Å². The van der Waals surface area contributed by atoms with Gasteiger partial charge in [-0.1, -0.05) is 18.6 Å². The second kappa shape index (κ2) is 6.00. The van der Waals surface area contributed by atoms with E-state index in [2.05, 4.69) is 0 Å². The minimum absolute atomic E-state index is 0.107. The van der Waals surface area contributed by atoms with Crippen LogP contribution < -0.4 is 0 Å². The molecule has 6 heteroatoms. The van der Waals surface area contributed by atoms with E-state index >= 15 is 0 Å². The molecule has 2 aliphatic carbocycles. The number of hydrogen-bond donors (Lipinski definition) is 0. The van der Waals surface area contributed by atoms with Crippen molar-refractivity contribution in [2.24, 2.45) is 0 Å². The van der Waals surface area contributed by atoms with Gasteiger partial charge in [0.2, 0.25) is 0 Å². The van der Waals surface area contributed by atoms with Gasteiger partial charge in [0.25, 0.3) is 0 Å². The predicted molar refractivity (Wildman–Crippen MR) is 80.7 cm³/mol. The highest BCUT2D eigenvalue weighted by atomic mass is 35.5. The summed E-state index contributed by atoms with van der Waals surface area (Å²) in [5.74, 6) is -0.522. The molecular weight excluding hydrogens is 329 g/mol. The number of hydrogen-bond acceptors (Lipinski definition) is 2. The van der Waals surface area contributed by atoms with E-state index in [1.807, 2.05) is 0 Å². The van der Waals surface area contributed by atoms with Crippen molar-refractivity contribution < 1.29 is 22.7 Å². The molecule has 126 valence electrons. The monoisotopic (exact) mass is 346 g/mol. The molecule has 0 heterocycles. The highest BCUT2D eigenvalue weighted by Gasteiger charge is 2.64. The Hall–Kier alpha value is -1.23. The topological polar surface area (TPSA) is 26.3 Å². The quantitative estimate of drug-likeness (QED) is 0.569. The van der Waals surface area contributed by atoms with Gasteiger partial charge in [0.1, 0.15) is 6.10 Å². The minimum Gasteiger partial charge on any atom is -0.457 e.